The number of hydrogen-bond acceptors (Lipinski definition) is 3. The summed E-state index contributed by atoms with van der Waals surface area (Å²) in [5.74, 6) is -3.59. The van der Waals surface area contributed by atoms with Crippen molar-refractivity contribution in [2.75, 3.05) is 12.4 Å². The molecule has 1 N–H and O–H groups in total. The molecule has 94 valence electrons. The first-order chi connectivity index (χ1) is 7.93. The fraction of sp³-hybridized carbons (Fsp3) is 0.364. The van der Waals surface area contributed by atoms with Crippen molar-refractivity contribution in [3.8, 4) is 0 Å². The van der Waals surface area contributed by atoms with Gasteiger partial charge in [-0.15, -0.1) is 0 Å². The topological polar surface area (TPSA) is 38.3 Å². The van der Waals surface area contributed by atoms with E-state index in [1.807, 2.05) is 0 Å². The van der Waals surface area contributed by atoms with Crippen LogP contribution in [0.3, 0.4) is 0 Å². The second kappa shape index (κ2) is 5.56. The lowest BCUT2D eigenvalue weighted by molar-refractivity contribution is -0.140. The monoisotopic (exact) mass is 247 g/mol. The largest absolute Gasteiger partial charge is 0.469 e. The average Bonchev–Trinajstić information content (AvgIpc) is 2.23. The lowest BCUT2D eigenvalue weighted by atomic mass is 10.2. The SMILES string of the molecule is COC(=O)CC(C)Nc1c(F)cc(F)cc1F. The number of esters is 1. The Bertz CT molecular complexity index is 400. The lowest BCUT2D eigenvalue weighted by Crippen LogP contribution is -2.21. The zero-order valence-corrected chi connectivity index (χ0v) is 9.39. The van der Waals surface area contributed by atoms with Crippen molar-refractivity contribution < 1.29 is 22.7 Å². The number of hydrogen-bond donors (Lipinski definition) is 1. The summed E-state index contributed by atoms with van der Waals surface area (Å²) in [7, 11) is 1.22. The fourth-order valence-corrected chi connectivity index (χ4v) is 1.31. The highest BCUT2D eigenvalue weighted by molar-refractivity contribution is 5.70. The van der Waals surface area contributed by atoms with Gasteiger partial charge in [0.15, 0.2) is 11.6 Å². The van der Waals surface area contributed by atoms with Gasteiger partial charge in [-0.05, 0) is 6.92 Å². The zero-order valence-electron chi connectivity index (χ0n) is 9.39. The number of benzene rings is 1. The maximum atomic E-state index is 13.2. The van der Waals surface area contributed by atoms with Gasteiger partial charge in [0.1, 0.15) is 11.5 Å². The molecular formula is C11H12F3NO2. The number of anilines is 1. The molecule has 1 aromatic carbocycles. The molecule has 1 unspecified atom stereocenters. The summed E-state index contributed by atoms with van der Waals surface area (Å²) in [6.45, 7) is 1.55. The van der Waals surface area contributed by atoms with Crippen LogP contribution in [0.1, 0.15) is 13.3 Å². The van der Waals surface area contributed by atoms with E-state index < -0.39 is 35.2 Å². The van der Waals surface area contributed by atoms with Gasteiger partial charge >= 0.3 is 5.97 Å². The summed E-state index contributed by atoms with van der Waals surface area (Å²) in [6, 6.07) is 0.601. The second-order valence-corrected chi connectivity index (χ2v) is 3.57. The third kappa shape index (κ3) is 3.65. The van der Waals surface area contributed by atoms with Crippen LogP contribution < -0.4 is 5.32 Å². The molecule has 0 bridgehead atoms. The van der Waals surface area contributed by atoms with Crippen molar-refractivity contribution in [3.05, 3.63) is 29.6 Å². The molecule has 6 heteroatoms. The van der Waals surface area contributed by atoms with E-state index in [-0.39, 0.29) is 6.42 Å². The van der Waals surface area contributed by atoms with Crippen molar-refractivity contribution in [1.29, 1.82) is 0 Å². The van der Waals surface area contributed by atoms with E-state index in [4.69, 9.17) is 0 Å². The molecule has 0 heterocycles. The molecule has 0 radical (unpaired) electrons. The number of rotatable bonds is 4. The first-order valence-electron chi connectivity index (χ1n) is 4.92. The van der Waals surface area contributed by atoms with Crippen LogP contribution in [0, 0.1) is 17.5 Å². The summed E-state index contributed by atoms with van der Waals surface area (Å²) in [5.41, 5.74) is -0.456. The Balaban J connectivity index is 2.78. The van der Waals surface area contributed by atoms with Gasteiger partial charge in [0.05, 0.1) is 13.5 Å². The van der Waals surface area contributed by atoms with Crippen LogP contribution in [0.2, 0.25) is 0 Å². The molecule has 0 aliphatic carbocycles. The molecule has 0 aromatic heterocycles. The number of carbonyl (C=O) groups excluding carboxylic acids is 1. The average molecular weight is 247 g/mol. The summed E-state index contributed by atoms with van der Waals surface area (Å²) in [5, 5.41) is 2.45. The molecule has 0 saturated carbocycles. The minimum atomic E-state index is -1.04. The minimum absolute atomic E-state index is 0.0489. The maximum absolute atomic E-state index is 13.2. The van der Waals surface area contributed by atoms with Gasteiger partial charge in [-0.1, -0.05) is 0 Å². The smallest absolute Gasteiger partial charge is 0.307 e. The van der Waals surface area contributed by atoms with Gasteiger partial charge in [0, 0.05) is 18.2 Å². The third-order valence-corrected chi connectivity index (χ3v) is 2.10. The fourth-order valence-electron chi connectivity index (χ4n) is 1.31. The zero-order chi connectivity index (χ0) is 13.0. The summed E-state index contributed by atoms with van der Waals surface area (Å²) < 4.78 is 43.5. The van der Waals surface area contributed by atoms with Crippen molar-refractivity contribution >= 4 is 11.7 Å². The van der Waals surface area contributed by atoms with Crippen LogP contribution in [0.15, 0.2) is 12.1 Å². The van der Waals surface area contributed by atoms with Gasteiger partial charge < -0.3 is 10.1 Å². The van der Waals surface area contributed by atoms with Crippen molar-refractivity contribution in [2.24, 2.45) is 0 Å². The summed E-state index contributed by atoms with van der Waals surface area (Å²) in [4.78, 5) is 10.9. The van der Waals surface area contributed by atoms with E-state index in [1.165, 1.54) is 7.11 Å². The molecule has 0 fully saturated rings. The molecule has 0 aliphatic heterocycles. The van der Waals surface area contributed by atoms with Crippen LogP contribution in [-0.2, 0) is 9.53 Å². The minimum Gasteiger partial charge on any atom is -0.469 e. The first-order valence-corrected chi connectivity index (χ1v) is 4.92. The van der Waals surface area contributed by atoms with Crippen LogP contribution in [-0.4, -0.2) is 19.1 Å². The maximum Gasteiger partial charge on any atom is 0.307 e. The molecule has 0 spiro atoms. The van der Waals surface area contributed by atoms with Crippen molar-refractivity contribution in [1.82, 2.24) is 0 Å². The molecule has 1 aromatic rings. The predicted octanol–water partition coefficient (Wildman–Crippen LogP) is 2.47. The van der Waals surface area contributed by atoms with Crippen LogP contribution in [0.4, 0.5) is 18.9 Å². The summed E-state index contributed by atoms with van der Waals surface area (Å²) in [6.07, 6.45) is -0.0489. The Hall–Kier alpha value is -1.72. The Morgan fingerprint density at radius 1 is 1.35 bits per heavy atom. The van der Waals surface area contributed by atoms with Crippen LogP contribution in [0.5, 0.6) is 0 Å². The highest BCUT2D eigenvalue weighted by Crippen LogP contribution is 2.21. The molecular weight excluding hydrogens is 235 g/mol. The molecule has 0 aliphatic rings. The molecule has 1 rings (SSSR count). The van der Waals surface area contributed by atoms with E-state index in [0.29, 0.717) is 12.1 Å². The predicted molar refractivity (Wildman–Crippen MR) is 56.0 cm³/mol. The molecule has 0 saturated heterocycles. The van der Waals surface area contributed by atoms with E-state index in [1.54, 1.807) is 6.92 Å². The molecule has 17 heavy (non-hydrogen) atoms. The Morgan fingerprint density at radius 3 is 2.35 bits per heavy atom. The van der Waals surface area contributed by atoms with Crippen molar-refractivity contribution in [3.63, 3.8) is 0 Å². The van der Waals surface area contributed by atoms with Gasteiger partial charge in [-0.2, -0.15) is 0 Å². The number of nitrogens with one attached hydrogen (secondary N) is 1. The van der Waals surface area contributed by atoms with Gasteiger partial charge in [-0.25, -0.2) is 13.2 Å². The van der Waals surface area contributed by atoms with E-state index in [0.717, 1.165) is 0 Å². The number of ether oxygens (including phenoxy) is 1. The second-order valence-electron chi connectivity index (χ2n) is 3.57. The standard InChI is InChI=1S/C11H12F3NO2/c1-6(3-10(16)17-2)15-11-8(13)4-7(12)5-9(11)14/h4-6,15H,3H2,1-2H3. The third-order valence-electron chi connectivity index (χ3n) is 2.10. The van der Waals surface area contributed by atoms with E-state index in [2.05, 4.69) is 10.1 Å². The van der Waals surface area contributed by atoms with Crippen molar-refractivity contribution in [2.45, 2.75) is 19.4 Å². The summed E-state index contributed by atoms with van der Waals surface area (Å²) >= 11 is 0. The molecule has 0 amide bonds. The highest BCUT2D eigenvalue weighted by atomic mass is 19.1. The quantitative estimate of drug-likeness (QED) is 0.830. The Kier molecular flexibility index (Phi) is 4.37. The van der Waals surface area contributed by atoms with Crippen LogP contribution >= 0.6 is 0 Å². The molecule has 3 nitrogen and oxygen atoms in total. The van der Waals surface area contributed by atoms with Crippen LogP contribution in [0.25, 0.3) is 0 Å². The highest BCUT2D eigenvalue weighted by Gasteiger charge is 2.15. The van der Waals surface area contributed by atoms with E-state index in [9.17, 15) is 18.0 Å². The van der Waals surface area contributed by atoms with Gasteiger partial charge in [0.2, 0.25) is 0 Å². The number of methoxy groups -OCH3 is 1. The first kappa shape index (κ1) is 13.3. The Morgan fingerprint density at radius 2 is 1.88 bits per heavy atom. The lowest BCUT2D eigenvalue weighted by Gasteiger charge is -2.15. The number of carbonyl (C=O) groups is 1. The number of halogens is 3. The normalized spacial score (nSPS) is 12.1. The Labute approximate surface area is 96.6 Å². The van der Waals surface area contributed by atoms with Gasteiger partial charge in [-0.3, -0.25) is 4.79 Å². The van der Waals surface area contributed by atoms with Gasteiger partial charge in [0.25, 0.3) is 0 Å². The van der Waals surface area contributed by atoms with E-state index >= 15 is 0 Å². The molecule has 1 atom stereocenters.